The first-order valence-corrected chi connectivity index (χ1v) is 10.6. The molecule has 1 fully saturated rings. The largest absolute Gasteiger partial charge is 0.336 e. The lowest BCUT2D eigenvalue weighted by atomic mass is 10.2. The fourth-order valence-corrected chi connectivity index (χ4v) is 4.08. The number of benzene rings is 2. The SMILES string of the molecule is O=C(Nc1ccc(N2CCNC2=O)cc1)c1csc(-c2cnn(-c3ccccc3)c2)n1. The van der Waals surface area contributed by atoms with Gasteiger partial charge in [0.05, 0.1) is 11.9 Å². The molecule has 0 unspecified atom stereocenters. The van der Waals surface area contributed by atoms with Crippen LogP contribution < -0.4 is 15.5 Å². The first kappa shape index (κ1) is 19.0. The Bertz CT molecular complexity index is 1230. The van der Waals surface area contributed by atoms with E-state index in [2.05, 4.69) is 20.7 Å². The van der Waals surface area contributed by atoms with Crippen molar-refractivity contribution in [3.63, 3.8) is 0 Å². The molecule has 3 amide bonds. The van der Waals surface area contributed by atoms with E-state index in [4.69, 9.17) is 0 Å². The number of aromatic nitrogens is 3. The second-order valence-electron chi connectivity index (χ2n) is 6.93. The second kappa shape index (κ2) is 8.04. The van der Waals surface area contributed by atoms with Crippen molar-refractivity contribution >= 4 is 34.6 Å². The van der Waals surface area contributed by atoms with Crippen LogP contribution in [0.2, 0.25) is 0 Å². The van der Waals surface area contributed by atoms with Crippen LogP contribution in [-0.4, -0.2) is 39.8 Å². The molecule has 0 aliphatic carbocycles. The van der Waals surface area contributed by atoms with E-state index in [1.54, 1.807) is 33.3 Å². The molecule has 5 rings (SSSR count). The minimum Gasteiger partial charge on any atom is -0.336 e. The minimum absolute atomic E-state index is 0.109. The summed E-state index contributed by atoms with van der Waals surface area (Å²) in [6, 6.07) is 16.9. The number of rotatable bonds is 5. The summed E-state index contributed by atoms with van der Waals surface area (Å²) in [4.78, 5) is 30.5. The summed E-state index contributed by atoms with van der Waals surface area (Å²) in [5.74, 6) is -0.287. The Labute approximate surface area is 182 Å². The van der Waals surface area contributed by atoms with Gasteiger partial charge in [-0.1, -0.05) is 18.2 Å². The van der Waals surface area contributed by atoms with Crippen molar-refractivity contribution in [3.05, 3.63) is 78.1 Å². The van der Waals surface area contributed by atoms with Gasteiger partial charge in [0.15, 0.2) is 0 Å². The normalized spacial score (nSPS) is 13.3. The molecule has 2 aromatic heterocycles. The Kier molecular flexibility index (Phi) is 4.93. The fourth-order valence-electron chi connectivity index (χ4n) is 3.30. The Morgan fingerprint density at radius 1 is 1.06 bits per heavy atom. The zero-order chi connectivity index (χ0) is 21.2. The van der Waals surface area contributed by atoms with Crippen LogP contribution in [0.4, 0.5) is 16.2 Å². The summed E-state index contributed by atoms with van der Waals surface area (Å²) < 4.78 is 1.78. The molecule has 8 nitrogen and oxygen atoms in total. The van der Waals surface area contributed by atoms with Gasteiger partial charge in [-0.05, 0) is 36.4 Å². The van der Waals surface area contributed by atoms with Crippen LogP contribution in [0, 0.1) is 0 Å². The molecule has 2 aromatic carbocycles. The van der Waals surface area contributed by atoms with E-state index in [0.717, 1.165) is 21.9 Å². The fraction of sp³-hybridized carbons (Fsp3) is 0.0909. The van der Waals surface area contributed by atoms with Crippen LogP contribution in [0.15, 0.2) is 72.4 Å². The summed E-state index contributed by atoms with van der Waals surface area (Å²) in [5, 5.41) is 12.5. The smallest absolute Gasteiger partial charge is 0.321 e. The summed E-state index contributed by atoms with van der Waals surface area (Å²) in [7, 11) is 0. The first-order chi connectivity index (χ1) is 15.2. The molecule has 0 atom stereocenters. The van der Waals surface area contributed by atoms with Crippen molar-refractivity contribution in [1.82, 2.24) is 20.1 Å². The molecule has 9 heteroatoms. The molecule has 3 heterocycles. The highest BCUT2D eigenvalue weighted by atomic mass is 32.1. The molecule has 0 spiro atoms. The zero-order valence-corrected chi connectivity index (χ0v) is 17.2. The van der Waals surface area contributed by atoms with Crippen molar-refractivity contribution in [2.75, 3.05) is 23.3 Å². The van der Waals surface area contributed by atoms with Crippen molar-refractivity contribution in [2.45, 2.75) is 0 Å². The lowest BCUT2D eigenvalue weighted by molar-refractivity contribution is 0.102. The van der Waals surface area contributed by atoms with Crippen molar-refractivity contribution < 1.29 is 9.59 Å². The number of amides is 3. The quantitative estimate of drug-likeness (QED) is 0.504. The van der Waals surface area contributed by atoms with E-state index in [1.807, 2.05) is 48.7 Å². The van der Waals surface area contributed by atoms with Gasteiger partial charge in [-0.3, -0.25) is 9.69 Å². The summed E-state index contributed by atoms with van der Waals surface area (Å²) in [6.45, 7) is 1.26. The van der Waals surface area contributed by atoms with Gasteiger partial charge in [0.25, 0.3) is 5.91 Å². The highest BCUT2D eigenvalue weighted by molar-refractivity contribution is 7.13. The number of nitrogens with zero attached hydrogens (tertiary/aromatic N) is 4. The van der Waals surface area contributed by atoms with Crippen LogP contribution >= 0.6 is 11.3 Å². The molecule has 4 aromatic rings. The maximum Gasteiger partial charge on any atom is 0.321 e. The van der Waals surface area contributed by atoms with E-state index >= 15 is 0 Å². The third-order valence-corrected chi connectivity index (χ3v) is 5.77. The highest BCUT2D eigenvalue weighted by Crippen LogP contribution is 2.25. The number of nitrogens with one attached hydrogen (secondary N) is 2. The Morgan fingerprint density at radius 2 is 1.87 bits per heavy atom. The Hall–Kier alpha value is -3.98. The molecular formula is C22H18N6O2S. The van der Waals surface area contributed by atoms with Gasteiger partial charge in [-0.15, -0.1) is 11.3 Å². The number of thiazole rings is 1. The van der Waals surface area contributed by atoms with Gasteiger partial charge in [0, 0.05) is 41.6 Å². The number of para-hydroxylation sites is 1. The van der Waals surface area contributed by atoms with Crippen LogP contribution in [-0.2, 0) is 0 Å². The summed E-state index contributed by atoms with van der Waals surface area (Å²) >= 11 is 1.39. The van der Waals surface area contributed by atoms with Crippen LogP contribution in [0.1, 0.15) is 10.5 Å². The maximum atomic E-state index is 12.6. The number of hydrogen-bond donors (Lipinski definition) is 2. The number of hydrogen-bond acceptors (Lipinski definition) is 5. The van der Waals surface area contributed by atoms with E-state index in [9.17, 15) is 9.59 Å². The number of carbonyl (C=O) groups excluding carboxylic acids is 2. The molecule has 1 saturated heterocycles. The van der Waals surface area contributed by atoms with Crippen LogP contribution in [0.25, 0.3) is 16.3 Å². The Morgan fingerprint density at radius 3 is 2.61 bits per heavy atom. The predicted octanol–water partition coefficient (Wildman–Crippen LogP) is 3.78. The molecule has 1 aliphatic rings. The van der Waals surface area contributed by atoms with E-state index in [0.29, 0.717) is 24.5 Å². The van der Waals surface area contributed by atoms with Crippen molar-refractivity contribution in [1.29, 1.82) is 0 Å². The zero-order valence-electron chi connectivity index (χ0n) is 16.4. The molecule has 154 valence electrons. The standard InChI is InChI=1S/C22H18N6O2S/c29-20(25-16-6-8-17(9-7-16)27-11-10-23-22(27)30)19-14-31-21(26-19)15-12-24-28(13-15)18-4-2-1-3-5-18/h1-9,12-14H,10-11H2,(H,23,30)(H,25,29). The van der Waals surface area contributed by atoms with Crippen LogP contribution in [0.5, 0.6) is 0 Å². The van der Waals surface area contributed by atoms with Gasteiger partial charge < -0.3 is 10.6 Å². The summed E-state index contributed by atoms with van der Waals surface area (Å²) in [5.41, 5.74) is 3.58. The van der Waals surface area contributed by atoms with E-state index in [-0.39, 0.29) is 11.9 Å². The second-order valence-corrected chi connectivity index (χ2v) is 7.79. The van der Waals surface area contributed by atoms with Crippen molar-refractivity contribution in [3.8, 4) is 16.3 Å². The number of urea groups is 1. The third-order valence-electron chi connectivity index (χ3n) is 4.88. The predicted molar refractivity (Wildman–Crippen MR) is 120 cm³/mol. The average Bonchev–Trinajstić information content (AvgIpc) is 3.55. The summed E-state index contributed by atoms with van der Waals surface area (Å²) in [6.07, 6.45) is 3.63. The molecule has 1 aliphatic heterocycles. The molecule has 0 radical (unpaired) electrons. The molecule has 0 saturated carbocycles. The number of carbonyl (C=O) groups is 2. The van der Waals surface area contributed by atoms with Gasteiger partial charge in [-0.25, -0.2) is 14.5 Å². The monoisotopic (exact) mass is 430 g/mol. The average molecular weight is 430 g/mol. The topological polar surface area (TPSA) is 92.2 Å². The first-order valence-electron chi connectivity index (χ1n) is 9.70. The van der Waals surface area contributed by atoms with Gasteiger partial charge in [-0.2, -0.15) is 5.10 Å². The minimum atomic E-state index is -0.287. The van der Waals surface area contributed by atoms with Gasteiger partial charge in [0.1, 0.15) is 10.7 Å². The van der Waals surface area contributed by atoms with Gasteiger partial charge >= 0.3 is 6.03 Å². The Balaban J connectivity index is 1.27. The lowest BCUT2D eigenvalue weighted by Crippen LogP contribution is -2.27. The molecule has 31 heavy (non-hydrogen) atoms. The molecular weight excluding hydrogens is 412 g/mol. The van der Waals surface area contributed by atoms with E-state index < -0.39 is 0 Å². The highest BCUT2D eigenvalue weighted by Gasteiger charge is 2.21. The number of anilines is 2. The molecule has 2 N–H and O–H groups in total. The van der Waals surface area contributed by atoms with Crippen molar-refractivity contribution in [2.24, 2.45) is 0 Å². The lowest BCUT2D eigenvalue weighted by Gasteiger charge is -2.14. The van der Waals surface area contributed by atoms with Gasteiger partial charge in [0.2, 0.25) is 0 Å². The van der Waals surface area contributed by atoms with Crippen LogP contribution in [0.3, 0.4) is 0 Å². The molecule has 0 bridgehead atoms. The third kappa shape index (κ3) is 3.90. The maximum absolute atomic E-state index is 12.6. The van der Waals surface area contributed by atoms with E-state index in [1.165, 1.54) is 11.3 Å².